The highest BCUT2D eigenvalue weighted by atomic mass is 16.5. The lowest BCUT2D eigenvalue weighted by Crippen LogP contribution is -2.35. The van der Waals surface area contributed by atoms with Gasteiger partial charge in [-0.15, -0.1) is 0 Å². The maximum Gasteiger partial charge on any atom is 0.137 e. The lowest BCUT2D eigenvalue weighted by molar-refractivity contribution is 0.268. The number of benzene rings is 2. The van der Waals surface area contributed by atoms with E-state index < -0.39 is 0 Å². The Hall–Kier alpha value is -2.91. The quantitative estimate of drug-likeness (QED) is 0.427. The Morgan fingerprint density at radius 3 is 2.24 bits per heavy atom. The third kappa shape index (κ3) is 6.33. The van der Waals surface area contributed by atoms with Crippen molar-refractivity contribution in [2.45, 2.75) is 59.4 Å². The Labute approximate surface area is 198 Å². The summed E-state index contributed by atoms with van der Waals surface area (Å²) in [6, 6.07) is 13.8. The molecule has 172 valence electrons. The third-order valence-corrected chi connectivity index (χ3v) is 6.28. The largest absolute Gasteiger partial charge is 0.492 e. The fourth-order valence-electron chi connectivity index (χ4n) is 4.85. The number of hydrogen-bond donors (Lipinski definition) is 1. The zero-order valence-electron chi connectivity index (χ0n) is 20.4. The second-order valence-corrected chi connectivity index (χ2v) is 9.52. The summed E-state index contributed by atoms with van der Waals surface area (Å²) in [5.74, 6) is 0.923. The summed E-state index contributed by atoms with van der Waals surface area (Å²) >= 11 is 0. The Kier molecular flexibility index (Phi) is 7.61. The van der Waals surface area contributed by atoms with Crippen LogP contribution in [0.4, 0.5) is 0 Å². The monoisotopic (exact) mass is 440 g/mol. The number of hydrogen-bond acceptors (Lipinski definition) is 3. The van der Waals surface area contributed by atoms with E-state index in [9.17, 15) is 0 Å². The molecule has 1 N–H and O–H groups in total. The van der Waals surface area contributed by atoms with Gasteiger partial charge in [0.1, 0.15) is 5.75 Å². The first kappa shape index (κ1) is 23.3. The minimum atomic E-state index is 0.555. The maximum atomic E-state index is 6.51. The molecule has 1 aliphatic rings. The zero-order valence-corrected chi connectivity index (χ0v) is 20.4. The average molecular weight is 441 g/mol. The summed E-state index contributed by atoms with van der Waals surface area (Å²) in [6.45, 7) is 10.4. The van der Waals surface area contributed by atoms with Gasteiger partial charge in [0.25, 0.3) is 0 Å². The van der Waals surface area contributed by atoms with Gasteiger partial charge in [-0.2, -0.15) is 0 Å². The number of nitrogens with one attached hydrogen (secondary N) is 1. The predicted molar refractivity (Wildman–Crippen MR) is 140 cm³/mol. The van der Waals surface area contributed by atoms with Crippen LogP contribution in [0.1, 0.15) is 59.1 Å². The fraction of sp³-hybridized carbons (Fsp3) is 0.367. The van der Waals surface area contributed by atoms with Crippen molar-refractivity contribution in [1.82, 2.24) is 10.3 Å². The molecule has 1 atom stereocenters. The molecule has 1 aromatic heterocycles. The fourth-order valence-corrected chi connectivity index (χ4v) is 4.85. The van der Waals surface area contributed by atoms with Crippen molar-refractivity contribution in [2.24, 2.45) is 0 Å². The van der Waals surface area contributed by atoms with Crippen LogP contribution in [0.25, 0.3) is 23.3 Å². The minimum Gasteiger partial charge on any atom is -0.492 e. The van der Waals surface area contributed by atoms with Gasteiger partial charge in [0.2, 0.25) is 0 Å². The zero-order chi connectivity index (χ0) is 23.2. The molecule has 0 radical (unpaired) electrons. The molecule has 1 fully saturated rings. The van der Waals surface area contributed by atoms with Crippen LogP contribution in [0.3, 0.4) is 0 Å². The summed E-state index contributed by atoms with van der Waals surface area (Å²) in [5.41, 5.74) is 9.47. The summed E-state index contributed by atoms with van der Waals surface area (Å²) < 4.78 is 6.51. The highest BCUT2D eigenvalue weighted by Gasteiger charge is 2.15. The van der Waals surface area contributed by atoms with Gasteiger partial charge in [-0.3, -0.25) is 4.98 Å². The first-order valence-corrected chi connectivity index (χ1v) is 12.2. The van der Waals surface area contributed by atoms with Crippen LogP contribution in [0.15, 0.2) is 48.8 Å². The number of ether oxygens (including phenoxy) is 1. The molecule has 3 aromatic rings. The third-order valence-electron chi connectivity index (χ3n) is 6.28. The second kappa shape index (κ2) is 10.8. The van der Waals surface area contributed by atoms with E-state index in [0.29, 0.717) is 12.6 Å². The number of pyridine rings is 1. The number of nitrogens with zero attached hydrogens (tertiary/aromatic N) is 1. The lowest BCUT2D eigenvalue weighted by atomic mass is 9.99. The molecular weight excluding hydrogens is 404 g/mol. The molecule has 3 heteroatoms. The van der Waals surface area contributed by atoms with Crippen molar-refractivity contribution in [3.05, 3.63) is 82.2 Å². The summed E-state index contributed by atoms with van der Waals surface area (Å²) in [5, 5.41) is 3.63. The molecule has 2 aromatic carbocycles. The SMILES string of the molecule is Cc1cc(C)cc(C=Cc2cncc(-c3cc(C)cc(C)c3)c2OCCC2CCCCN2)c1. The standard InChI is InChI=1S/C30H36N2O/c1-21-13-22(2)16-25(15-21)8-9-26-19-31-20-29(27-17-23(3)14-24(4)18-27)30(26)33-12-10-28-7-5-6-11-32-28/h8-9,13-20,28,32H,5-7,10-12H2,1-4H3. The van der Waals surface area contributed by atoms with Crippen LogP contribution >= 0.6 is 0 Å². The smallest absolute Gasteiger partial charge is 0.137 e. The summed E-state index contributed by atoms with van der Waals surface area (Å²) in [7, 11) is 0. The Morgan fingerprint density at radius 2 is 1.58 bits per heavy atom. The number of aryl methyl sites for hydroxylation is 4. The van der Waals surface area contributed by atoms with Crippen LogP contribution in [-0.2, 0) is 0 Å². The van der Waals surface area contributed by atoms with Crippen LogP contribution in [-0.4, -0.2) is 24.2 Å². The molecule has 0 amide bonds. The van der Waals surface area contributed by atoms with Crippen LogP contribution in [0.2, 0.25) is 0 Å². The molecule has 1 saturated heterocycles. The minimum absolute atomic E-state index is 0.555. The summed E-state index contributed by atoms with van der Waals surface area (Å²) in [4.78, 5) is 4.58. The van der Waals surface area contributed by atoms with Gasteiger partial charge in [-0.25, -0.2) is 0 Å². The molecule has 0 bridgehead atoms. The molecule has 0 aliphatic carbocycles. The Morgan fingerprint density at radius 1 is 0.879 bits per heavy atom. The van der Waals surface area contributed by atoms with Crippen molar-refractivity contribution in [3.63, 3.8) is 0 Å². The van der Waals surface area contributed by atoms with Gasteiger partial charge in [0.15, 0.2) is 0 Å². The van der Waals surface area contributed by atoms with Crippen molar-refractivity contribution < 1.29 is 4.74 Å². The van der Waals surface area contributed by atoms with Crippen LogP contribution < -0.4 is 10.1 Å². The van der Waals surface area contributed by atoms with Crippen molar-refractivity contribution in [2.75, 3.05) is 13.2 Å². The van der Waals surface area contributed by atoms with E-state index in [1.807, 2.05) is 12.4 Å². The van der Waals surface area contributed by atoms with Gasteiger partial charge in [0.05, 0.1) is 6.61 Å². The van der Waals surface area contributed by atoms with E-state index in [1.54, 1.807) is 0 Å². The second-order valence-electron chi connectivity index (χ2n) is 9.52. The van der Waals surface area contributed by atoms with Crippen LogP contribution in [0.5, 0.6) is 5.75 Å². The predicted octanol–water partition coefficient (Wildman–Crippen LogP) is 7.06. The molecular formula is C30H36N2O. The van der Waals surface area contributed by atoms with Crippen LogP contribution in [0, 0.1) is 27.7 Å². The average Bonchev–Trinajstić information content (AvgIpc) is 2.77. The highest BCUT2D eigenvalue weighted by molar-refractivity contribution is 5.80. The first-order valence-electron chi connectivity index (χ1n) is 12.2. The van der Waals surface area contributed by atoms with Crippen molar-refractivity contribution in [1.29, 1.82) is 0 Å². The number of rotatable bonds is 7. The number of piperidine rings is 1. The molecule has 1 unspecified atom stereocenters. The lowest BCUT2D eigenvalue weighted by Gasteiger charge is -2.24. The van der Waals surface area contributed by atoms with Crippen molar-refractivity contribution >= 4 is 12.2 Å². The Bertz CT molecular complexity index is 1090. The van der Waals surface area contributed by atoms with Crippen molar-refractivity contribution in [3.8, 4) is 16.9 Å². The topological polar surface area (TPSA) is 34.1 Å². The van der Waals surface area contributed by atoms with Gasteiger partial charge in [-0.05, 0) is 70.7 Å². The normalized spacial score (nSPS) is 16.3. The van der Waals surface area contributed by atoms with E-state index in [-0.39, 0.29) is 0 Å². The molecule has 2 heterocycles. The molecule has 33 heavy (non-hydrogen) atoms. The highest BCUT2D eigenvalue weighted by Crippen LogP contribution is 2.35. The van der Waals surface area contributed by atoms with E-state index in [4.69, 9.17) is 4.74 Å². The molecule has 3 nitrogen and oxygen atoms in total. The van der Waals surface area contributed by atoms with Gasteiger partial charge in [0, 0.05) is 29.6 Å². The van der Waals surface area contributed by atoms with Gasteiger partial charge in [-0.1, -0.05) is 71.1 Å². The van der Waals surface area contributed by atoms with E-state index in [1.165, 1.54) is 47.1 Å². The van der Waals surface area contributed by atoms with E-state index in [2.05, 4.69) is 86.5 Å². The molecule has 0 saturated carbocycles. The Balaban J connectivity index is 1.66. The van der Waals surface area contributed by atoms with Gasteiger partial charge < -0.3 is 10.1 Å². The van der Waals surface area contributed by atoms with Gasteiger partial charge >= 0.3 is 0 Å². The molecule has 0 spiro atoms. The van der Waals surface area contributed by atoms with E-state index in [0.717, 1.165) is 35.4 Å². The maximum absolute atomic E-state index is 6.51. The van der Waals surface area contributed by atoms with E-state index >= 15 is 0 Å². The molecule has 1 aliphatic heterocycles. The first-order chi connectivity index (χ1) is 16.0. The number of aromatic nitrogens is 1. The molecule has 4 rings (SSSR count). The summed E-state index contributed by atoms with van der Waals surface area (Å²) in [6.07, 6.45) is 13.0.